The molecule has 5 heteroatoms. The molecule has 110 valence electrons. The minimum Gasteiger partial charge on any atom is -0.466 e. The minimum absolute atomic E-state index is 0.0904. The topological polar surface area (TPSA) is 59.3 Å². The molecule has 0 bridgehead atoms. The maximum absolute atomic E-state index is 12.0. The molecular formula is C14H25NO3S. The van der Waals surface area contributed by atoms with Crippen molar-refractivity contribution in [2.45, 2.75) is 52.3 Å². The first-order valence-electron chi connectivity index (χ1n) is 6.57. The second-order valence-electron chi connectivity index (χ2n) is 5.98. The maximum Gasteiger partial charge on any atom is 0.156 e. The summed E-state index contributed by atoms with van der Waals surface area (Å²) < 4.78 is 28.7. The fraction of sp³-hybridized carbons (Fsp3) is 0.714. The SMILES string of the molecule is Cc1cc(C(C)NCCS(=O)(=O)C(C)(C)C)c(C)o1. The lowest BCUT2D eigenvalue weighted by Crippen LogP contribution is -2.35. The van der Waals surface area contributed by atoms with Gasteiger partial charge in [-0.05, 0) is 47.6 Å². The molecule has 0 aromatic carbocycles. The Kier molecular flexibility index (Phi) is 4.85. The van der Waals surface area contributed by atoms with Gasteiger partial charge in [-0.2, -0.15) is 0 Å². The lowest BCUT2D eigenvalue weighted by atomic mass is 10.1. The lowest BCUT2D eigenvalue weighted by molar-refractivity contribution is 0.491. The normalized spacial score (nSPS) is 14.6. The van der Waals surface area contributed by atoms with Crippen LogP contribution in [0, 0.1) is 13.8 Å². The van der Waals surface area contributed by atoms with Crippen LogP contribution >= 0.6 is 0 Å². The molecule has 1 atom stereocenters. The fourth-order valence-corrected chi connectivity index (χ4v) is 2.91. The maximum atomic E-state index is 12.0. The van der Waals surface area contributed by atoms with Crippen molar-refractivity contribution < 1.29 is 12.8 Å². The van der Waals surface area contributed by atoms with Gasteiger partial charge in [-0.25, -0.2) is 8.42 Å². The van der Waals surface area contributed by atoms with Gasteiger partial charge in [0.15, 0.2) is 9.84 Å². The third-order valence-electron chi connectivity index (χ3n) is 3.30. The van der Waals surface area contributed by atoms with Gasteiger partial charge in [-0.3, -0.25) is 0 Å². The summed E-state index contributed by atoms with van der Waals surface area (Å²) >= 11 is 0. The second-order valence-corrected chi connectivity index (χ2v) is 8.84. The highest BCUT2D eigenvalue weighted by atomic mass is 32.2. The Hall–Kier alpha value is -0.810. The van der Waals surface area contributed by atoms with Crippen molar-refractivity contribution in [3.05, 3.63) is 23.2 Å². The van der Waals surface area contributed by atoms with Crippen molar-refractivity contribution in [2.24, 2.45) is 0 Å². The Morgan fingerprint density at radius 2 is 1.89 bits per heavy atom. The smallest absolute Gasteiger partial charge is 0.156 e. The van der Waals surface area contributed by atoms with E-state index in [1.54, 1.807) is 20.8 Å². The molecule has 1 rings (SSSR count). The molecule has 1 aromatic heterocycles. The highest BCUT2D eigenvalue weighted by molar-refractivity contribution is 7.92. The van der Waals surface area contributed by atoms with E-state index in [2.05, 4.69) is 5.32 Å². The highest BCUT2D eigenvalue weighted by Crippen LogP contribution is 2.21. The molecule has 0 radical (unpaired) electrons. The zero-order valence-electron chi connectivity index (χ0n) is 12.7. The zero-order valence-corrected chi connectivity index (χ0v) is 13.5. The van der Waals surface area contributed by atoms with Crippen LogP contribution in [0.25, 0.3) is 0 Å². The Balaban J connectivity index is 2.57. The molecule has 0 aliphatic carbocycles. The van der Waals surface area contributed by atoms with E-state index in [0.717, 1.165) is 17.1 Å². The third kappa shape index (κ3) is 4.08. The molecule has 0 saturated carbocycles. The summed E-state index contributed by atoms with van der Waals surface area (Å²) in [6, 6.07) is 2.08. The number of hydrogen-bond acceptors (Lipinski definition) is 4. The van der Waals surface area contributed by atoms with Gasteiger partial charge in [0.05, 0.1) is 10.5 Å². The number of furan rings is 1. The summed E-state index contributed by atoms with van der Waals surface area (Å²) in [6.45, 7) is 11.5. The van der Waals surface area contributed by atoms with Gasteiger partial charge in [-0.1, -0.05) is 0 Å². The molecule has 1 unspecified atom stereocenters. The molecule has 0 aliphatic rings. The van der Waals surface area contributed by atoms with Crippen molar-refractivity contribution in [3.63, 3.8) is 0 Å². The molecule has 4 nitrogen and oxygen atoms in total. The summed E-state index contributed by atoms with van der Waals surface area (Å²) in [4.78, 5) is 0. The molecular weight excluding hydrogens is 262 g/mol. The number of rotatable bonds is 5. The zero-order chi connectivity index (χ0) is 14.8. The van der Waals surface area contributed by atoms with E-state index in [1.165, 1.54) is 0 Å². The summed E-state index contributed by atoms with van der Waals surface area (Å²) in [5, 5.41) is 3.24. The standard InChI is InChI=1S/C14H25NO3S/c1-10-9-13(12(3)18-10)11(2)15-7-8-19(16,17)14(4,5)6/h9,11,15H,7-8H2,1-6H3. The van der Waals surface area contributed by atoms with Gasteiger partial charge in [0.1, 0.15) is 11.5 Å². The van der Waals surface area contributed by atoms with E-state index in [4.69, 9.17) is 4.42 Å². The molecule has 19 heavy (non-hydrogen) atoms. The van der Waals surface area contributed by atoms with Gasteiger partial charge in [-0.15, -0.1) is 0 Å². The molecule has 0 amide bonds. The Morgan fingerprint density at radius 1 is 1.32 bits per heavy atom. The van der Waals surface area contributed by atoms with E-state index >= 15 is 0 Å². The predicted molar refractivity (Wildman–Crippen MR) is 78.1 cm³/mol. The van der Waals surface area contributed by atoms with Crippen molar-refractivity contribution in [1.82, 2.24) is 5.32 Å². The number of aryl methyl sites for hydroxylation is 2. The monoisotopic (exact) mass is 287 g/mol. The summed E-state index contributed by atoms with van der Waals surface area (Å²) in [6.07, 6.45) is 0. The van der Waals surface area contributed by atoms with Crippen LogP contribution in [-0.2, 0) is 9.84 Å². The van der Waals surface area contributed by atoms with Crippen LogP contribution in [0.5, 0.6) is 0 Å². The third-order valence-corrected chi connectivity index (χ3v) is 5.91. The lowest BCUT2D eigenvalue weighted by Gasteiger charge is -2.20. The highest BCUT2D eigenvalue weighted by Gasteiger charge is 2.28. The molecule has 1 N–H and O–H groups in total. The summed E-state index contributed by atoms with van der Waals surface area (Å²) in [7, 11) is -3.07. The van der Waals surface area contributed by atoms with E-state index in [9.17, 15) is 8.42 Å². The van der Waals surface area contributed by atoms with Gasteiger partial charge < -0.3 is 9.73 Å². The van der Waals surface area contributed by atoms with Gasteiger partial charge in [0.2, 0.25) is 0 Å². The summed E-state index contributed by atoms with van der Waals surface area (Å²) in [5.41, 5.74) is 1.09. The molecule has 1 aromatic rings. The van der Waals surface area contributed by atoms with Crippen molar-refractivity contribution in [2.75, 3.05) is 12.3 Å². The number of sulfone groups is 1. The van der Waals surface area contributed by atoms with E-state index in [0.29, 0.717) is 6.54 Å². The molecule has 1 heterocycles. The van der Waals surface area contributed by atoms with Gasteiger partial charge in [0, 0.05) is 18.2 Å². The molecule has 0 spiro atoms. The van der Waals surface area contributed by atoms with E-state index < -0.39 is 14.6 Å². The van der Waals surface area contributed by atoms with Gasteiger partial charge >= 0.3 is 0 Å². The van der Waals surface area contributed by atoms with Gasteiger partial charge in [0.25, 0.3) is 0 Å². The van der Waals surface area contributed by atoms with Crippen LogP contribution in [-0.4, -0.2) is 25.5 Å². The van der Waals surface area contributed by atoms with Crippen molar-refractivity contribution in [3.8, 4) is 0 Å². The molecule has 0 saturated heterocycles. The van der Waals surface area contributed by atoms with Crippen molar-refractivity contribution in [1.29, 1.82) is 0 Å². The second kappa shape index (κ2) is 5.67. The minimum atomic E-state index is -3.07. The van der Waals surface area contributed by atoms with Crippen LogP contribution in [0.2, 0.25) is 0 Å². The Bertz CT molecular complexity index is 523. The summed E-state index contributed by atoms with van der Waals surface area (Å²) in [5.74, 6) is 1.91. The van der Waals surface area contributed by atoms with Crippen LogP contribution < -0.4 is 5.32 Å². The van der Waals surface area contributed by atoms with Crippen molar-refractivity contribution >= 4 is 9.84 Å². The Morgan fingerprint density at radius 3 is 2.32 bits per heavy atom. The van der Waals surface area contributed by atoms with Crippen LogP contribution in [0.15, 0.2) is 10.5 Å². The van der Waals surface area contributed by atoms with E-state index in [1.807, 2.05) is 26.8 Å². The first-order chi connectivity index (χ1) is 8.54. The van der Waals surface area contributed by atoms with E-state index in [-0.39, 0.29) is 11.8 Å². The largest absolute Gasteiger partial charge is 0.466 e. The van der Waals surface area contributed by atoms with Crippen LogP contribution in [0.1, 0.15) is 50.8 Å². The van der Waals surface area contributed by atoms with Crippen LogP contribution in [0.3, 0.4) is 0 Å². The average molecular weight is 287 g/mol. The predicted octanol–water partition coefficient (Wildman–Crippen LogP) is 2.76. The first kappa shape index (κ1) is 16.2. The first-order valence-corrected chi connectivity index (χ1v) is 8.22. The fourth-order valence-electron chi connectivity index (χ4n) is 1.91. The molecule has 0 aliphatic heterocycles. The van der Waals surface area contributed by atoms with Crippen LogP contribution in [0.4, 0.5) is 0 Å². The molecule has 0 fully saturated rings. The Labute approximate surface area is 116 Å². The quantitative estimate of drug-likeness (QED) is 0.904. The average Bonchev–Trinajstić information content (AvgIpc) is 2.55. The number of nitrogens with one attached hydrogen (secondary N) is 1. The number of hydrogen-bond donors (Lipinski definition) is 1.